The third-order valence-electron chi connectivity index (χ3n) is 3.60. The molecule has 0 spiro atoms. The summed E-state index contributed by atoms with van der Waals surface area (Å²) in [4.78, 5) is 20.8. The van der Waals surface area contributed by atoms with Crippen LogP contribution in [0.25, 0.3) is 11.4 Å². The van der Waals surface area contributed by atoms with Gasteiger partial charge >= 0.3 is 5.97 Å². The molecule has 0 bridgehead atoms. The van der Waals surface area contributed by atoms with Crippen LogP contribution >= 0.6 is 11.6 Å². The second-order valence-electron chi connectivity index (χ2n) is 5.12. The number of fused-ring (bicyclic) bond motifs is 1. The van der Waals surface area contributed by atoms with Crippen molar-refractivity contribution in [3.63, 3.8) is 0 Å². The maximum atomic E-state index is 12.3. The molecular formula is C17H11ClN4O3. The smallest absolute Gasteiger partial charge is 0.367 e. The van der Waals surface area contributed by atoms with E-state index in [-0.39, 0.29) is 22.5 Å². The minimum atomic E-state index is -0.604. The molecule has 4 rings (SSSR count). The maximum absolute atomic E-state index is 12.3. The van der Waals surface area contributed by atoms with E-state index >= 15 is 0 Å². The molecule has 7 nitrogen and oxygen atoms in total. The summed E-state index contributed by atoms with van der Waals surface area (Å²) in [7, 11) is 1.44. The van der Waals surface area contributed by atoms with E-state index in [9.17, 15) is 4.79 Å². The van der Waals surface area contributed by atoms with E-state index in [1.807, 2.05) is 18.2 Å². The van der Waals surface area contributed by atoms with Crippen molar-refractivity contribution in [2.24, 2.45) is 4.99 Å². The van der Waals surface area contributed by atoms with Gasteiger partial charge in [-0.3, -0.25) is 0 Å². The van der Waals surface area contributed by atoms with Crippen LogP contribution in [0.3, 0.4) is 0 Å². The van der Waals surface area contributed by atoms with Crippen molar-refractivity contribution in [3.8, 4) is 0 Å². The molecule has 2 aromatic heterocycles. The van der Waals surface area contributed by atoms with E-state index < -0.39 is 5.97 Å². The van der Waals surface area contributed by atoms with E-state index in [2.05, 4.69) is 15.1 Å². The monoisotopic (exact) mass is 354 g/mol. The molecule has 1 aliphatic rings. The van der Waals surface area contributed by atoms with Gasteiger partial charge in [0.05, 0.1) is 13.3 Å². The van der Waals surface area contributed by atoms with E-state index in [1.54, 1.807) is 24.3 Å². The van der Waals surface area contributed by atoms with E-state index in [4.69, 9.17) is 21.1 Å². The number of nitrogens with zero attached hydrogens (tertiary/aromatic N) is 4. The number of halogens is 1. The van der Waals surface area contributed by atoms with Crippen molar-refractivity contribution in [1.29, 1.82) is 0 Å². The van der Waals surface area contributed by atoms with Gasteiger partial charge in [0, 0.05) is 5.56 Å². The molecule has 0 unspecified atom stereocenters. The Hall–Kier alpha value is -3.19. The summed E-state index contributed by atoms with van der Waals surface area (Å²) in [5.41, 5.74) is 1.75. The van der Waals surface area contributed by atoms with Crippen LogP contribution in [0.5, 0.6) is 0 Å². The number of ether oxygens (including phenoxy) is 2. The standard InChI is InChI=1S/C17H11ClN4O3/c1-24-15(11-9-19-13-8-7-12(18)21-22(11)13)14-17(23)25-16(20-14)10-5-3-2-4-6-10/h2-9H,1H3/b15-14-. The van der Waals surface area contributed by atoms with E-state index in [0.717, 1.165) is 0 Å². The lowest BCUT2D eigenvalue weighted by Gasteiger charge is -2.06. The lowest BCUT2D eigenvalue weighted by molar-refractivity contribution is -0.130. The van der Waals surface area contributed by atoms with Gasteiger partial charge in [-0.25, -0.2) is 19.3 Å². The molecule has 3 heterocycles. The van der Waals surface area contributed by atoms with Crippen LogP contribution in [0.2, 0.25) is 5.15 Å². The van der Waals surface area contributed by atoms with Gasteiger partial charge in [-0.05, 0) is 24.3 Å². The second-order valence-corrected chi connectivity index (χ2v) is 5.51. The predicted octanol–water partition coefficient (Wildman–Crippen LogP) is 2.70. The minimum Gasteiger partial charge on any atom is -0.492 e. The third kappa shape index (κ3) is 2.64. The van der Waals surface area contributed by atoms with Crippen LogP contribution in [0.15, 0.2) is 59.4 Å². The molecule has 3 aromatic rings. The molecule has 0 radical (unpaired) electrons. The van der Waals surface area contributed by atoms with Gasteiger partial charge in [-0.2, -0.15) is 5.10 Å². The first-order chi connectivity index (χ1) is 12.2. The van der Waals surface area contributed by atoms with Gasteiger partial charge in [0.15, 0.2) is 17.1 Å². The predicted molar refractivity (Wildman–Crippen MR) is 91.0 cm³/mol. The molecule has 124 valence electrons. The number of hydrogen-bond donors (Lipinski definition) is 0. The number of carbonyl (C=O) groups is 1. The van der Waals surface area contributed by atoms with Gasteiger partial charge < -0.3 is 9.47 Å². The van der Waals surface area contributed by atoms with Gasteiger partial charge in [-0.1, -0.05) is 29.8 Å². The number of benzene rings is 1. The number of cyclic esters (lactones) is 1. The maximum Gasteiger partial charge on any atom is 0.367 e. The number of esters is 1. The normalized spacial score (nSPS) is 15.9. The Morgan fingerprint density at radius 1 is 1.20 bits per heavy atom. The first kappa shape index (κ1) is 15.3. The SMILES string of the molecule is CO/C(=C1\N=C(c2ccccc2)OC1=O)c1cnc2ccc(Cl)nn12. The van der Waals surface area contributed by atoms with Crippen LogP contribution in [0.4, 0.5) is 0 Å². The highest BCUT2D eigenvalue weighted by Gasteiger charge is 2.30. The summed E-state index contributed by atoms with van der Waals surface area (Å²) in [6, 6.07) is 12.5. The summed E-state index contributed by atoms with van der Waals surface area (Å²) in [6.45, 7) is 0. The first-order valence-electron chi connectivity index (χ1n) is 7.32. The molecule has 0 fully saturated rings. The first-order valence-corrected chi connectivity index (χ1v) is 7.70. The fourth-order valence-corrected chi connectivity index (χ4v) is 2.62. The highest BCUT2D eigenvalue weighted by atomic mass is 35.5. The van der Waals surface area contributed by atoms with Crippen LogP contribution < -0.4 is 0 Å². The quantitative estimate of drug-likeness (QED) is 0.410. The van der Waals surface area contributed by atoms with Crippen molar-refractivity contribution in [2.75, 3.05) is 7.11 Å². The molecule has 0 aliphatic carbocycles. The summed E-state index contributed by atoms with van der Waals surface area (Å²) in [5, 5.41) is 4.47. The highest BCUT2D eigenvalue weighted by Crippen LogP contribution is 2.27. The van der Waals surface area contributed by atoms with E-state index in [0.29, 0.717) is 16.9 Å². The fourth-order valence-electron chi connectivity index (χ4n) is 2.48. The Morgan fingerprint density at radius 3 is 2.76 bits per heavy atom. The number of aromatic nitrogens is 3. The number of carbonyl (C=O) groups excluding carboxylic acids is 1. The van der Waals surface area contributed by atoms with E-state index in [1.165, 1.54) is 17.8 Å². The Kier molecular flexibility index (Phi) is 3.70. The van der Waals surface area contributed by atoms with Crippen molar-refractivity contribution in [2.45, 2.75) is 0 Å². The van der Waals surface area contributed by atoms with Crippen LogP contribution in [-0.2, 0) is 14.3 Å². The summed E-state index contributed by atoms with van der Waals surface area (Å²) in [5.74, 6) is -0.180. The van der Waals surface area contributed by atoms with Crippen molar-refractivity contribution in [1.82, 2.24) is 14.6 Å². The molecule has 0 N–H and O–H groups in total. The molecule has 8 heteroatoms. The number of methoxy groups -OCH3 is 1. The number of hydrogen-bond acceptors (Lipinski definition) is 6. The Morgan fingerprint density at radius 2 is 2.00 bits per heavy atom. The number of imidazole rings is 1. The molecule has 0 atom stereocenters. The minimum absolute atomic E-state index is 0.0462. The highest BCUT2D eigenvalue weighted by molar-refractivity contribution is 6.29. The molecule has 25 heavy (non-hydrogen) atoms. The van der Waals surface area contributed by atoms with Crippen LogP contribution in [0.1, 0.15) is 11.3 Å². The van der Waals surface area contributed by atoms with Gasteiger partial charge in [0.1, 0.15) is 10.8 Å². The fraction of sp³-hybridized carbons (Fsp3) is 0.0588. The molecule has 0 saturated carbocycles. The topological polar surface area (TPSA) is 78.1 Å². The molecule has 0 amide bonds. The largest absolute Gasteiger partial charge is 0.492 e. The zero-order valence-corrected chi connectivity index (χ0v) is 13.8. The molecular weight excluding hydrogens is 344 g/mol. The van der Waals surface area contributed by atoms with Crippen molar-refractivity contribution < 1.29 is 14.3 Å². The van der Waals surface area contributed by atoms with Gasteiger partial charge in [-0.15, -0.1) is 0 Å². The lowest BCUT2D eigenvalue weighted by atomic mass is 10.2. The average Bonchev–Trinajstić information content (AvgIpc) is 3.21. The van der Waals surface area contributed by atoms with Gasteiger partial charge in [0.25, 0.3) is 0 Å². The zero-order valence-electron chi connectivity index (χ0n) is 13.0. The Labute approximate surface area is 147 Å². The van der Waals surface area contributed by atoms with Crippen molar-refractivity contribution >= 4 is 34.9 Å². The van der Waals surface area contributed by atoms with Crippen molar-refractivity contribution in [3.05, 3.63) is 70.8 Å². The van der Waals surface area contributed by atoms with Gasteiger partial charge in [0.2, 0.25) is 5.90 Å². The summed E-state index contributed by atoms with van der Waals surface area (Å²) in [6.07, 6.45) is 1.54. The van der Waals surface area contributed by atoms with Crippen LogP contribution in [0, 0.1) is 0 Å². The van der Waals surface area contributed by atoms with Crippen LogP contribution in [-0.4, -0.2) is 33.6 Å². The molecule has 1 aliphatic heterocycles. The summed E-state index contributed by atoms with van der Waals surface area (Å²) < 4.78 is 12.2. The lowest BCUT2D eigenvalue weighted by Crippen LogP contribution is -2.07. The Balaban J connectivity index is 1.87. The average molecular weight is 355 g/mol. The number of rotatable bonds is 3. The molecule has 1 aromatic carbocycles. The Bertz CT molecular complexity index is 1040. The zero-order chi connectivity index (χ0) is 17.4. The second kappa shape index (κ2) is 6.03. The third-order valence-corrected chi connectivity index (χ3v) is 3.80. The summed E-state index contributed by atoms with van der Waals surface area (Å²) >= 11 is 5.95. The number of aliphatic imine (C=N–C) groups is 1. The molecule has 0 saturated heterocycles.